The molecule has 17 heavy (non-hydrogen) atoms. The van der Waals surface area contributed by atoms with Crippen LogP contribution >= 0.6 is 0 Å². The molecule has 1 atom stereocenters. The fourth-order valence-electron chi connectivity index (χ4n) is 2.42. The van der Waals surface area contributed by atoms with Gasteiger partial charge in [0.1, 0.15) is 5.82 Å². The van der Waals surface area contributed by atoms with Gasteiger partial charge in [0.15, 0.2) is 5.82 Å². The van der Waals surface area contributed by atoms with Crippen LogP contribution in [-0.2, 0) is 11.2 Å². The predicted molar refractivity (Wildman–Crippen MR) is 67.0 cm³/mol. The van der Waals surface area contributed by atoms with Gasteiger partial charge in [0.25, 0.3) is 0 Å². The van der Waals surface area contributed by atoms with Crippen LogP contribution in [0, 0.1) is 0 Å². The Morgan fingerprint density at radius 3 is 2.82 bits per heavy atom. The molecule has 0 saturated heterocycles. The maximum Gasteiger partial charge on any atom is 0.153 e. The van der Waals surface area contributed by atoms with E-state index in [0.29, 0.717) is 12.0 Å². The van der Waals surface area contributed by atoms with Crippen LogP contribution in [0.3, 0.4) is 0 Å². The molecule has 1 unspecified atom stereocenters. The van der Waals surface area contributed by atoms with Gasteiger partial charge in [-0.15, -0.1) is 0 Å². The molecule has 1 heterocycles. The molecule has 1 aromatic heterocycles. The zero-order chi connectivity index (χ0) is 12.1. The van der Waals surface area contributed by atoms with Gasteiger partial charge in [0.05, 0.1) is 6.10 Å². The van der Waals surface area contributed by atoms with Crippen molar-refractivity contribution < 1.29 is 4.74 Å². The van der Waals surface area contributed by atoms with E-state index < -0.39 is 0 Å². The number of methoxy groups -OCH3 is 1. The average Bonchev–Trinajstić information content (AvgIpc) is 2.86. The Bertz CT molecular complexity index is 331. The molecule has 1 N–H and O–H groups in total. The highest BCUT2D eigenvalue weighted by Gasteiger charge is 2.19. The van der Waals surface area contributed by atoms with Crippen LogP contribution in [0.4, 0.5) is 0 Å². The number of rotatable bonds is 5. The van der Waals surface area contributed by atoms with Gasteiger partial charge in [-0.3, -0.25) is 5.10 Å². The van der Waals surface area contributed by atoms with Gasteiger partial charge in [-0.25, -0.2) is 4.98 Å². The summed E-state index contributed by atoms with van der Waals surface area (Å²) in [6, 6.07) is 0. The van der Waals surface area contributed by atoms with E-state index >= 15 is 0 Å². The van der Waals surface area contributed by atoms with Crippen molar-refractivity contribution in [2.24, 2.45) is 0 Å². The van der Waals surface area contributed by atoms with Gasteiger partial charge in [0.2, 0.25) is 0 Å². The lowest BCUT2D eigenvalue weighted by Crippen LogP contribution is -2.07. The van der Waals surface area contributed by atoms with Crippen LogP contribution in [0.5, 0.6) is 0 Å². The smallest absolute Gasteiger partial charge is 0.153 e. The van der Waals surface area contributed by atoms with E-state index in [2.05, 4.69) is 22.1 Å². The normalized spacial score (nSPS) is 19.4. The molecule has 0 bridgehead atoms. The standard InChI is InChI=1S/C13H23N3O/c1-10(17-2)8-9-12-14-13(16-15-12)11-6-4-3-5-7-11/h10-11H,3-9H2,1-2H3,(H,14,15,16). The van der Waals surface area contributed by atoms with Crippen LogP contribution in [0.1, 0.15) is 63.0 Å². The summed E-state index contributed by atoms with van der Waals surface area (Å²) < 4.78 is 5.23. The Morgan fingerprint density at radius 2 is 2.12 bits per heavy atom. The van der Waals surface area contributed by atoms with E-state index in [4.69, 9.17) is 4.74 Å². The molecule has 1 aromatic rings. The molecule has 1 aliphatic carbocycles. The summed E-state index contributed by atoms with van der Waals surface area (Å²) in [6.45, 7) is 2.08. The van der Waals surface area contributed by atoms with E-state index in [-0.39, 0.29) is 0 Å². The second-order valence-electron chi connectivity index (χ2n) is 5.06. The van der Waals surface area contributed by atoms with E-state index in [9.17, 15) is 0 Å². The first-order valence-electron chi connectivity index (χ1n) is 6.73. The molecule has 0 amide bonds. The minimum atomic E-state index is 0.290. The average molecular weight is 237 g/mol. The number of nitrogens with one attached hydrogen (secondary N) is 1. The maximum atomic E-state index is 5.23. The van der Waals surface area contributed by atoms with Crippen molar-refractivity contribution in [3.63, 3.8) is 0 Å². The highest BCUT2D eigenvalue weighted by Crippen LogP contribution is 2.30. The van der Waals surface area contributed by atoms with Gasteiger partial charge in [0, 0.05) is 19.4 Å². The van der Waals surface area contributed by atoms with Gasteiger partial charge in [-0.2, -0.15) is 5.10 Å². The SMILES string of the molecule is COC(C)CCc1nc(C2CCCCC2)n[nH]1. The monoisotopic (exact) mass is 237 g/mol. The predicted octanol–water partition coefficient (Wildman–Crippen LogP) is 2.82. The van der Waals surface area contributed by atoms with E-state index in [0.717, 1.165) is 24.5 Å². The van der Waals surface area contributed by atoms with Crippen LogP contribution < -0.4 is 0 Å². The number of H-pyrrole nitrogens is 1. The van der Waals surface area contributed by atoms with Crippen LogP contribution in [0.15, 0.2) is 0 Å². The first-order chi connectivity index (χ1) is 8.29. The minimum Gasteiger partial charge on any atom is -0.382 e. The third kappa shape index (κ3) is 3.53. The Balaban J connectivity index is 1.86. The summed E-state index contributed by atoms with van der Waals surface area (Å²) in [5, 5.41) is 7.43. The van der Waals surface area contributed by atoms with E-state index in [1.54, 1.807) is 7.11 Å². The molecule has 1 aliphatic rings. The fraction of sp³-hybridized carbons (Fsp3) is 0.846. The van der Waals surface area contributed by atoms with Crippen molar-refractivity contribution in [3.8, 4) is 0 Å². The number of aromatic nitrogens is 3. The zero-order valence-corrected chi connectivity index (χ0v) is 10.9. The Hall–Kier alpha value is -0.900. The molecule has 4 nitrogen and oxygen atoms in total. The van der Waals surface area contributed by atoms with Gasteiger partial charge in [-0.05, 0) is 26.2 Å². The topological polar surface area (TPSA) is 50.8 Å². The highest BCUT2D eigenvalue weighted by molar-refractivity contribution is 4.99. The van der Waals surface area contributed by atoms with Crippen molar-refractivity contribution in [2.75, 3.05) is 7.11 Å². The van der Waals surface area contributed by atoms with Gasteiger partial charge in [-0.1, -0.05) is 19.3 Å². The number of aromatic amines is 1. The highest BCUT2D eigenvalue weighted by atomic mass is 16.5. The summed E-state index contributed by atoms with van der Waals surface area (Å²) >= 11 is 0. The molecular weight excluding hydrogens is 214 g/mol. The van der Waals surface area contributed by atoms with Crippen molar-refractivity contribution in [1.82, 2.24) is 15.2 Å². The number of hydrogen-bond acceptors (Lipinski definition) is 3. The zero-order valence-electron chi connectivity index (χ0n) is 10.9. The molecule has 4 heteroatoms. The third-order valence-electron chi connectivity index (χ3n) is 3.71. The lowest BCUT2D eigenvalue weighted by Gasteiger charge is -2.18. The van der Waals surface area contributed by atoms with Gasteiger partial charge >= 0.3 is 0 Å². The fourth-order valence-corrected chi connectivity index (χ4v) is 2.42. The molecule has 2 rings (SSSR count). The third-order valence-corrected chi connectivity index (χ3v) is 3.71. The van der Waals surface area contributed by atoms with Crippen LogP contribution in [0.2, 0.25) is 0 Å². The van der Waals surface area contributed by atoms with Crippen molar-refractivity contribution in [1.29, 1.82) is 0 Å². The molecule has 96 valence electrons. The Morgan fingerprint density at radius 1 is 1.35 bits per heavy atom. The number of aryl methyl sites for hydroxylation is 1. The minimum absolute atomic E-state index is 0.290. The largest absolute Gasteiger partial charge is 0.382 e. The van der Waals surface area contributed by atoms with Crippen molar-refractivity contribution in [2.45, 2.75) is 63.9 Å². The molecule has 0 radical (unpaired) electrons. The summed E-state index contributed by atoms with van der Waals surface area (Å²) in [5.74, 6) is 2.63. The van der Waals surface area contributed by atoms with Crippen LogP contribution in [-0.4, -0.2) is 28.4 Å². The first kappa shape index (κ1) is 12.6. The molecule has 0 aliphatic heterocycles. The summed E-state index contributed by atoms with van der Waals surface area (Å²) in [6.07, 6.45) is 8.75. The van der Waals surface area contributed by atoms with Crippen LogP contribution in [0.25, 0.3) is 0 Å². The van der Waals surface area contributed by atoms with Crippen molar-refractivity contribution in [3.05, 3.63) is 11.6 Å². The maximum absolute atomic E-state index is 5.23. The molecular formula is C13H23N3O. The number of hydrogen-bond donors (Lipinski definition) is 1. The lowest BCUT2D eigenvalue weighted by atomic mass is 9.89. The van der Waals surface area contributed by atoms with E-state index in [1.807, 2.05) is 0 Å². The Labute approximate surface area is 103 Å². The Kier molecular flexibility index (Phi) is 4.54. The second kappa shape index (κ2) is 6.15. The quantitative estimate of drug-likeness (QED) is 0.856. The lowest BCUT2D eigenvalue weighted by molar-refractivity contribution is 0.111. The van der Waals surface area contributed by atoms with Gasteiger partial charge < -0.3 is 4.74 Å². The number of nitrogens with zero attached hydrogens (tertiary/aromatic N) is 2. The summed E-state index contributed by atoms with van der Waals surface area (Å²) in [5.41, 5.74) is 0. The first-order valence-corrected chi connectivity index (χ1v) is 6.73. The van der Waals surface area contributed by atoms with E-state index in [1.165, 1.54) is 32.1 Å². The molecule has 0 aromatic carbocycles. The second-order valence-corrected chi connectivity index (χ2v) is 5.06. The molecule has 0 spiro atoms. The van der Waals surface area contributed by atoms with Crippen molar-refractivity contribution >= 4 is 0 Å². The number of ether oxygens (including phenoxy) is 1. The molecule has 1 fully saturated rings. The summed E-state index contributed by atoms with van der Waals surface area (Å²) in [4.78, 5) is 4.62. The molecule has 1 saturated carbocycles. The summed E-state index contributed by atoms with van der Waals surface area (Å²) in [7, 11) is 1.75.